The lowest BCUT2D eigenvalue weighted by molar-refractivity contribution is -0.123. The zero-order valence-corrected chi connectivity index (χ0v) is 16.2. The molecule has 1 saturated carbocycles. The third kappa shape index (κ3) is 5.61. The minimum Gasteiger partial charge on any atom is -0.484 e. The van der Waals surface area contributed by atoms with E-state index in [2.05, 4.69) is 10.0 Å². The van der Waals surface area contributed by atoms with Gasteiger partial charge in [-0.25, -0.2) is 8.42 Å². The fourth-order valence-electron chi connectivity index (χ4n) is 2.94. The number of hydrogen-bond donors (Lipinski definition) is 2. The molecule has 1 amide bonds. The van der Waals surface area contributed by atoms with Crippen LogP contribution >= 0.6 is 11.6 Å². The van der Waals surface area contributed by atoms with Crippen molar-refractivity contribution in [2.24, 2.45) is 0 Å². The standard InChI is InChI=1S/C19H21ClN2O4S/c20-14-5-7-16(8-6-14)22-27(24,25)18-11-9-17(10-12-18)26-13-19(23)21-15-3-1-2-4-15/h5-12,15,22H,1-4,13H2,(H,21,23). The lowest BCUT2D eigenvalue weighted by Gasteiger charge is -2.13. The topological polar surface area (TPSA) is 84.5 Å². The maximum atomic E-state index is 12.4. The van der Waals surface area contributed by atoms with Gasteiger partial charge in [0.25, 0.3) is 15.9 Å². The van der Waals surface area contributed by atoms with Crippen LogP contribution in [0.15, 0.2) is 53.4 Å². The summed E-state index contributed by atoms with van der Waals surface area (Å²) in [6, 6.07) is 12.5. The SMILES string of the molecule is O=C(COc1ccc(S(=O)(=O)Nc2ccc(Cl)cc2)cc1)NC1CCCC1. The van der Waals surface area contributed by atoms with E-state index in [4.69, 9.17) is 16.3 Å². The van der Waals surface area contributed by atoms with Gasteiger partial charge in [-0.3, -0.25) is 9.52 Å². The van der Waals surface area contributed by atoms with Crippen LogP contribution < -0.4 is 14.8 Å². The molecule has 0 saturated heterocycles. The van der Waals surface area contributed by atoms with Gasteiger partial charge in [0.2, 0.25) is 0 Å². The van der Waals surface area contributed by atoms with Crippen molar-refractivity contribution < 1.29 is 17.9 Å². The van der Waals surface area contributed by atoms with Gasteiger partial charge in [-0.1, -0.05) is 24.4 Å². The molecule has 2 aromatic rings. The zero-order valence-electron chi connectivity index (χ0n) is 14.7. The fraction of sp³-hybridized carbons (Fsp3) is 0.316. The molecule has 1 aliphatic rings. The number of carbonyl (C=O) groups excluding carboxylic acids is 1. The second-order valence-corrected chi connectivity index (χ2v) is 8.54. The van der Waals surface area contributed by atoms with Crippen molar-refractivity contribution in [3.8, 4) is 5.75 Å². The molecule has 144 valence electrons. The number of rotatable bonds is 7. The van der Waals surface area contributed by atoms with Crippen molar-refractivity contribution in [1.82, 2.24) is 5.32 Å². The predicted molar refractivity (Wildman–Crippen MR) is 105 cm³/mol. The van der Waals surface area contributed by atoms with E-state index in [1.807, 2.05) is 0 Å². The summed E-state index contributed by atoms with van der Waals surface area (Å²) >= 11 is 5.80. The van der Waals surface area contributed by atoms with Gasteiger partial charge in [0.1, 0.15) is 5.75 Å². The van der Waals surface area contributed by atoms with E-state index >= 15 is 0 Å². The summed E-state index contributed by atoms with van der Waals surface area (Å²) in [5.74, 6) is 0.269. The van der Waals surface area contributed by atoms with Crippen LogP contribution in [-0.2, 0) is 14.8 Å². The minimum absolute atomic E-state index is 0.0916. The molecule has 8 heteroatoms. The number of nitrogens with one attached hydrogen (secondary N) is 2. The number of ether oxygens (including phenoxy) is 1. The van der Waals surface area contributed by atoms with Crippen LogP contribution in [0.1, 0.15) is 25.7 Å². The Balaban J connectivity index is 1.55. The molecule has 2 N–H and O–H groups in total. The molecule has 0 heterocycles. The summed E-state index contributed by atoms with van der Waals surface area (Å²) < 4.78 is 32.7. The number of benzene rings is 2. The average molecular weight is 409 g/mol. The van der Waals surface area contributed by atoms with Gasteiger partial charge in [-0.2, -0.15) is 0 Å². The van der Waals surface area contributed by atoms with E-state index in [0.29, 0.717) is 16.5 Å². The van der Waals surface area contributed by atoms with Crippen LogP contribution in [0.2, 0.25) is 5.02 Å². The Bertz CT molecular complexity index is 877. The van der Waals surface area contributed by atoms with E-state index in [0.717, 1.165) is 25.7 Å². The van der Waals surface area contributed by atoms with Crippen LogP contribution in [-0.4, -0.2) is 27.0 Å². The Kier molecular flexibility index (Phi) is 6.23. The minimum atomic E-state index is -3.72. The quantitative estimate of drug-likeness (QED) is 0.733. The molecule has 27 heavy (non-hydrogen) atoms. The molecule has 3 rings (SSSR count). The molecule has 2 aromatic carbocycles. The third-order valence-corrected chi connectivity index (χ3v) is 5.97. The lowest BCUT2D eigenvalue weighted by Crippen LogP contribution is -2.36. The molecule has 0 atom stereocenters. The Morgan fingerprint density at radius 2 is 1.67 bits per heavy atom. The molecule has 0 unspecified atom stereocenters. The van der Waals surface area contributed by atoms with Crippen LogP contribution in [0, 0.1) is 0 Å². The van der Waals surface area contributed by atoms with Gasteiger partial charge in [-0.15, -0.1) is 0 Å². The fourth-order valence-corrected chi connectivity index (χ4v) is 4.12. The monoisotopic (exact) mass is 408 g/mol. The number of amides is 1. The number of hydrogen-bond acceptors (Lipinski definition) is 4. The molecule has 0 radical (unpaired) electrons. The van der Waals surface area contributed by atoms with E-state index in [1.165, 1.54) is 24.3 Å². The number of halogens is 1. The second kappa shape index (κ2) is 8.63. The highest BCUT2D eigenvalue weighted by molar-refractivity contribution is 7.92. The predicted octanol–water partition coefficient (Wildman–Crippen LogP) is 3.58. The average Bonchev–Trinajstić information content (AvgIpc) is 3.15. The first kappa shape index (κ1) is 19.5. The summed E-state index contributed by atoms with van der Waals surface area (Å²) in [7, 11) is -3.72. The van der Waals surface area contributed by atoms with E-state index < -0.39 is 10.0 Å². The lowest BCUT2D eigenvalue weighted by atomic mass is 10.2. The summed E-state index contributed by atoms with van der Waals surface area (Å²) in [5, 5.41) is 3.46. The summed E-state index contributed by atoms with van der Waals surface area (Å²) in [5.41, 5.74) is 0.420. The van der Waals surface area contributed by atoms with Crippen molar-refractivity contribution in [2.75, 3.05) is 11.3 Å². The molecule has 0 aliphatic heterocycles. The van der Waals surface area contributed by atoms with E-state index in [1.54, 1.807) is 24.3 Å². The largest absolute Gasteiger partial charge is 0.484 e. The highest BCUT2D eigenvalue weighted by atomic mass is 35.5. The smallest absolute Gasteiger partial charge is 0.261 e. The number of carbonyl (C=O) groups is 1. The van der Waals surface area contributed by atoms with Crippen molar-refractivity contribution in [1.29, 1.82) is 0 Å². The maximum Gasteiger partial charge on any atom is 0.261 e. The first-order valence-electron chi connectivity index (χ1n) is 8.73. The Morgan fingerprint density at radius 1 is 1.04 bits per heavy atom. The molecule has 0 bridgehead atoms. The van der Waals surface area contributed by atoms with Gasteiger partial charge in [0.05, 0.1) is 4.90 Å². The van der Waals surface area contributed by atoms with Gasteiger partial charge in [-0.05, 0) is 61.4 Å². The first-order valence-corrected chi connectivity index (χ1v) is 10.6. The van der Waals surface area contributed by atoms with Gasteiger partial charge in [0, 0.05) is 16.8 Å². The molecular formula is C19H21ClN2O4S. The molecule has 1 fully saturated rings. The van der Waals surface area contributed by atoms with Crippen LogP contribution in [0.25, 0.3) is 0 Å². The Labute approximate surface area is 163 Å². The van der Waals surface area contributed by atoms with Gasteiger partial charge >= 0.3 is 0 Å². The number of sulfonamides is 1. The number of anilines is 1. The molecule has 0 aromatic heterocycles. The Hall–Kier alpha value is -2.25. The second-order valence-electron chi connectivity index (χ2n) is 6.42. The summed E-state index contributed by atoms with van der Waals surface area (Å²) in [6.07, 6.45) is 4.31. The van der Waals surface area contributed by atoms with Crippen molar-refractivity contribution in [3.63, 3.8) is 0 Å². The van der Waals surface area contributed by atoms with Crippen LogP contribution in [0.4, 0.5) is 5.69 Å². The molecule has 1 aliphatic carbocycles. The van der Waals surface area contributed by atoms with Crippen LogP contribution in [0.3, 0.4) is 0 Å². The normalized spacial score (nSPS) is 14.7. The van der Waals surface area contributed by atoms with Gasteiger partial charge in [0.15, 0.2) is 6.61 Å². The molecule has 6 nitrogen and oxygen atoms in total. The van der Waals surface area contributed by atoms with E-state index in [-0.39, 0.29) is 23.5 Å². The van der Waals surface area contributed by atoms with Gasteiger partial charge < -0.3 is 10.1 Å². The highest BCUT2D eigenvalue weighted by Crippen LogP contribution is 2.21. The van der Waals surface area contributed by atoms with Crippen molar-refractivity contribution in [3.05, 3.63) is 53.6 Å². The Morgan fingerprint density at radius 3 is 2.30 bits per heavy atom. The summed E-state index contributed by atoms with van der Waals surface area (Å²) in [4.78, 5) is 12.0. The highest BCUT2D eigenvalue weighted by Gasteiger charge is 2.17. The molecule has 0 spiro atoms. The summed E-state index contributed by atoms with van der Waals surface area (Å²) in [6.45, 7) is -0.0916. The van der Waals surface area contributed by atoms with Crippen molar-refractivity contribution >= 4 is 33.2 Å². The zero-order chi connectivity index (χ0) is 19.3. The first-order chi connectivity index (χ1) is 12.9. The van der Waals surface area contributed by atoms with Crippen LogP contribution in [0.5, 0.6) is 5.75 Å². The molecular weight excluding hydrogens is 388 g/mol. The third-order valence-electron chi connectivity index (χ3n) is 4.32. The van der Waals surface area contributed by atoms with Crippen molar-refractivity contribution in [2.45, 2.75) is 36.6 Å². The van der Waals surface area contributed by atoms with E-state index in [9.17, 15) is 13.2 Å². The maximum absolute atomic E-state index is 12.4.